The summed E-state index contributed by atoms with van der Waals surface area (Å²) in [5, 5.41) is 2.70. The first-order chi connectivity index (χ1) is 9.35. The summed E-state index contributed by atoms with van der Waals surface area (Å²) >= 11 is 1.86. The second-order valence-corrected chi connectivity index (χ2v) is 8.41. The maximum atomic E-state index is 13.8. The van der Waals surface area contributed by atoms with E-state index in [4.69, 9.17) is 0 Å². The Morgan fingerprint density at radius 1 is 1.40 bits per heavy atom. The molecule has 3 rings (SSSR count). The van der Waals surface area contributed by atoms with Gasteiger partial charge in [-0.05, 0) is 35.1 Å². The van der Waals surface area contributed by atoms with Gasteiger partial charge in [0.05, 0.1) is 33.0 Å². The van der Waals surface area contributed by atoms with E-state index < -0.39 is 9.84 Å². The highest BCUT2D eigenvalue weighted by molar-refractivity contribution is 14.1. The van der Waals surface area contributed by atoms with Gasteiger partial charge in [-0.25, -0.2) is 12.8 Å². The van der Waals surface area contributed by atoms with Crippen LogP contribution in [0.15, 0.2) is 12.1 Å². The fourth-order valence-electron chi connectivity index (χ4n) is 2.65. The van der Waals surface area contributed by atoms with Crippen LogP contribution in [0.3, 0.4) is 0 Å². The first kappa shape index (κ1) is 14.1. The number of fused-ring (bicyclic) bond motifs is 1. The summed E-state index contributed by atoms with van der Waals surface area (Å²) in [6.07, 6.45) is 0.475. The molecule has 108 valence electrons. The molecule has 1 N–H and O–H groups in total. The van der Waals surface area contributed by atoms with Crippen molar-refractivity contribution in [3.8, 4) is 0 Å². The molecule has 1 amide bonds. The Morgan fingerprint density at radius 3 is 2.80 bits per heavy atom. The highest BCUT2D eigenvalue weighted by atomic mass is 127. The van der Waals surface area contributed by atoms with Crippen molar-refractivity contribution in [1.29, 1.82) is 0 Å². The van der Waals surface area contributed by atoms with E-state index in [9.17, 15) is 17.6 Å². The largest absolute Gasteiger partial charge is 0.356 e. The van der Waals surface area contributed by atoms with E-state index in [1.165, 1.54) is 6.07 Å². The van der Waals surface area contributed by atoms with Crippen LogP contribution in [-0.2, 0) is 14.6 Å². The molecule has 2 aliphatic heterocycles. The van der Waals surface area contributed by atoms with Crippen molar-refractivity contribution in [2.45, 2.75) is 12.5 Å². The number of halogens is 2. The number of carbonyl (C=O) groups is 1. The van der Waals surface area contributed by atoms with Crippen molar-refractivity contribution in [1.82, 2.24) is 0 Å². The number of amides is 1. The Hall–Kier alpha value is -0.900. The third kappa shape index (κ3) is 2.50. The molecule has 1 aromatic rings. The second kappa shape index (κ2) is 4.83. The Balaban J connectivity index is 2.02. The molecule has 2 aliphatic rings. The number of hydrogen-bond acceptors (Lipinski definition) is 4. The second-order valence-electron chi connectivity index (χ2n) is 5.02. The van der Waals surface area contributed by atoms with Gasteiger partial charge in [0.1, 0.15) is 5.82 Å². The minimum absolute atomic E-state index is 0.0212. The zero-order chi connectivity index (χ0) is 14.5. The van der Waals surface area contributed by atoms with Crippen molar-refractivity contribution in [2.75, 3.05) is 28.3 Å². The third-order valence-electron chi connectivity index (χ3n) is 3.59. The molecule has 1 atom stereocenters. The first-order valence-electron chi connectivity index (χ1n) is 6.12. The average Bonchev–Trinajstić information content (AvgIpc) is 2.71. The number of hydrogen-bond donors (Lipinski definition) is 1. The molecule has 8 heteroatoms. The van der Waals surface area contributed by atoms with Gasteiger partial charge < -0.3 is 10.2 Å². The highest BCUT2D eigenvalue weighted by Gasteiger charge is 2.36. The summed E-state index contributed by atoms with van der Waals surface area (Å²) in [5.74, 6) is -0.429. The monoisotopic (exact) mass is 410 g/mol. The van der Waals surface area contributed by atoms with Crippen LogP contribution in [0.2, 0.25) is 0 Å². The lowest BCUT2D eigenvalue weighted by Gasteiger charge is -2.35. The van der Waals surface area contributed by atoms with E-state index in [2.05, 4.69) is 5.32 Å². The van der Waals surface area contributed by atoms with Gasteiger partial charge in [-0.2, -0.15) is 0 Å². The standard InChI is InChI=1S/C12H12FIN2O3S/c13-8-3-11-10(4-9(8)14)15-12(17)5-16(11)7-1-2-20(18,19)6-7/h3-4,7H,1-2,5-6H2,(H,15,17). The van der Waals surface area contributed by atoms with Crippen molar-refractivity contribution < 1.29 is 17.6 Å². The highest BCUT2D eigenvalue weighted by Crippen LogP contribution is 2.35. The third-order valence-corrected chi connectivity index (χ3v) is 6.16. The van der Waals surface area contributed by atoms with E-state index in [-0.39, 0.29) is 35.8 Å². The van der Waals surface area contributed by atoms with Crippen molar-refractivity contribution >= 4 is 49.7 Å². The zero-order valence-corrected chi connectivity index (χ0v) is 13.4. The molecule has 1 fully saturated rings. The normalized spacial score (nSPS) is 24.4. The van der Waals surface area contributed by atoms with E-state index in [1.807, 2.05) is 22.6 Å². The van der Waals surface area contributed by atoms with E-state index in [0.29, 0.717) is 21.4 Å². The predicted molar refractivity (Wildman–Crippen MR) is 82.2 cm³/mol. The molecule has 20 heavy (non-hydrogen) atoms. The molecule has 0 aromatic heterocycles. The number of carbonyl (C=O) groups excluding carboxylic acids is 1. The molecule has 0 spiro atoms. The van der Waals surface area contributed by atoms with Crippen LogP contribution in [0, 0.1) is 9.39 Å². The van der Waals surface area contributed by atoms with Crippen molar-refractivity contribution in [2.24, 2.45) is 0 Å². The van der Waals surface area contributed by atoms with Gasteiger partial charge in [-0.15, -0.1) is 0 Å². The van der Waals surface area contributed by atoms with Gasteiger partial charge in [0.2, 0.25) is 5.91 Å². The van der Waals surface area contributed by atoms with Crippen LogP contribution in [0.4, 0.5) is 15.8 Å². The van der Waals surface area contributed by atoms with Crippen LogP contribution in [0.25, 0.3) is 0 Å². The first-order valence-corrected chi connectivity index (χ1v) is 9.02. The van der Waals surface area contributed by atoms with Gasteiger partial charge in [-0.1, -0.05) is 0 Å². The molecule has 0 aliphatic carbocycles. The molecule has 1 unspecified atom stereocenters. The Morgan fingerprint density at radius 2 is 2.15 bits per heavy atom. The minimum Gasteiger partial charge on any atom is -0.356 e. The molecule has 1 aromatic carbocycles. The summed E-state index contributed by atoms with van der Waals surface area (Å²) < 4.78 is 37.4. The van der Waals surface area contributed by atoms with Gasteiger partial charge in [0.15, 0.2) is 9.84 Å². The van der Waals surface area contributed by atoms with Gasteiger partial charge >= 0.3 is 0 Å². The summed E-state index contributed by atoms with van der Waals surface area (Å²) in [4.78, 5) is 13.5. The molecule has 0 radical (unpaired) electrons. The predicted octanol–water partition coefficient (Wildman–Crippen LogP) is 1.38. The summed E-state index contributed by atoms with van der Waals surface area (Å²) in [6.45, 7) is 0.0627. The molecule has 2 heterocycles. The number of rotatable bonds is 1. The molecule has 1 saturated heterocycles. The maximum Gasteiger partial charge on any atom is 0.243 e. The summed E-state index contributed by atoms with van der Waals surface area (Å²) in [7, 11) is -3.05. The van der Waals surface area contributed by atoms with Crippen LogP contribution < -0.4 is 10.2 Å². The number of sulfone groups is 1. The Labute approximate surface area is 129 Å². The molecule has 0 saturated carbocycles. The lowest BCUT2D eigenvalue weighted by atomic mass is 10.1. The van der Waals surface area contributed by atoms with Gasteiger partial charge in [-0.3, -0.25) is 4.79 Å². The quantitative estimate of drug-likeness (QED) is 0.711. The van der Waals surface area contributed by atoms with Gasteiger partial charge in [0.25, 0.3) is 0 Å². The SMILES string of the molecule is O=C1CN(C2CCS(=O)(=O)C2)c2cc(F)c(I)cc2N1. The number of anilines is 2. The smallest absolute Gasteiger partial charge is 0.243 e. The fraction of sp³-hybridized carbons (Fsp3) is 0.417. The molecular formula is C12H12FIN2O3S. The molecule has 5 nitrogen and oxygen atoms in total. The Kier molecular flexibility index (Phi) is 3.39. The Bertz CT molecular complexity index is 692. The van der Waals surface area contributed by atoms with E-state index in [1.54, 1.807) is 11.0 Å². The maximum absolute atomic E-state index is 13.8. The average molecular weight is 410 g/mol. The van der Waals surface area contributed by atoms with Crippen LogP contribution in [0.1, 0.15) is 6.42 Å². The topological polar surface area (TPSA) is 66.5 Å². The lowest BCUT2D eigenvalue weighted by molar-refractivity contribution is -0.115. The summed E-state index contributed by atoms with van der Waals surface area (Å²) in [6, 6.07) is 2.67. The van der Waals surface area contributed by atoms with Crippen molar-refractivity contribution in [3.05, 3.63) is 21.5 Å². The number of benzene rings is 1. The molecular weight excluding hydrogens is 398 g/mol. The number of nitrogens with zero attached hydrogens (tertiary/aromatic N) is 1. The minimum atomic E-state index is -3.05. The zero-order valence-electron chi connectivity index (χ0n) is 10.4. The fourth-order valence-corrected chi connectivity index (χ4v) is 4.85. The van der Waals surface area contributed by atoms with Crippen molar-refractivity contribution in [3.63, 3.8) is 0 Å². The van der Waals surface area contributed by atoms with E-state index in [0.717, 1.165) is 0 Å². The summed E-state index contributed by atoms with van der Waals surface area (Å²) in [5.41, 5.74) is 1.10. The van der Waals surface area contributed by atoms with Gasteiger partial charge in [0, 0.05) is 12.1 Å². The van der Waals surface area contributed by atoms with E-state index >= 15 is 0 Å². The van der Waals surface area contributed by atoms with Crippen LogP contribution in [-0.4, -0.2) is 38.4 Å². The number of nitrogens with one attached hydrogen (secondary N) is 1. The van der Waals surface area contributed by atoms with Crippen LogP contribution in [0.5, 0.6) is 0 Å². The lowest BCUT2D eigenvalue weighted by Crippen LogP contribution is -2.45. The molecule has 0 bridgehead atoms. The van der Waals surface area contributed by atoms with Crippen LogP contribution >= 0.6 is 22.6 Å².